The van der Waals surface area contributed by atoms with Crippen molar-refractivity contribution in [2.75, 3.05) is 37.0 Å². The third kappa shape index (κ3) is 51.1. The van der Waals surface area contributed by atoms with Gasteiger partial charge in [-0.05, 0) is 74.7 Å². The minimum atomic E-state index is -1.28. The van der Waals surface area contributed by atoms with E-state index in [0.717, 1.165) is 21.6 Å². The molecule has 0 aliphatic heterocycles. The molecule has 0 aliphatic rings. The van der Waals surface area contributed by atoms with Crippen LogP contribution in [0.5, 0.6) is 0 Å². The van der Waals surface area contributed by atoms with Crippen LogP contribution >= 0.6 is 67.1 Å². The maximum absolute atomic E-state index is 12.5. The summed E-state index contributed by atoms with van der Waals surface area (Å²) in [5, 5.41) is 63.7. The molecule has 0 spiro atoms. The van der Waals surface area contributed by atoms with Gasteiger partial charge in [-0.25, -0.2) is 0 Å². The Morgan fingerprint density at radius 1 is 0.540 bits per heavy atom. The van der Waals surface area contributed by atoms with E-state index in [0.29, 0.717) is 23.9 Å². The lowest BCUT2D eigenvalue weighted by molar-refractivity contribution is -0.145. The second-order valence-corrected chi connectivity index (χ2v) is 30.8. The number of rotatable bonds is 55. The average Bonchev–Trinajstić information content (AvgIpc) is 0.833. The van der Waals surface area contributed by atoms with Gasteiger partial charge in [-0.3, -0.25) is 83.4 Å². The highest BCUT2D eigenvalue weighted by atomic mass is 33.1. The van der Waals surface area contributed by atoms with Crippen LogP contribution in [0.4, 0.5) is 0 Å². The number of ether oxygens (including phenoxy) is 4. The van der Waals surface area contributed by atoms with E-state index in [2.05, 4.69) is 44.6 Å². The van der Waals surface area contributed by atoms with Gasteiger partial charge >= 0.3 is 29.8 Å². The van der Waals surface area contributed by atoms with Crippen molar-refractivity contribution < 1.29 is 131 Å². The van der Waals surface area contributed by atoms with Gasteiger partial charge in [-0.15, -0.1) is 9.81 Å². The van der Waals surface area contributed by atoms with E-state index in [9.17, 15) is 102 Å². The number of nitrogens with zero attached hydrogens (tertiary/aromatic N) is 2. The monoisotopic (exact) mass is 1550 g/mol. The van der Waals surface area contributed by atoms with Gasteiger partial charge in [0.2, 0.25) is 23.6 Å². The first-order chi connectivity index (χ1) is 46.4. The van der Waals surface area contributed by atoms with Crippen LogP contribution in [0.1, 0.15) is 133 Å². The van der Waals surface area contributed by atoms with Crippen LogP contribution in [0.2, 0.25) is 0 Å². The fraction of sp³-hybridized carbons (Fsp3) is 0.696. The quantitative estimate of drug-likeness (QED) is 0.00780. The molecule has 0 aromatic carbocycles. The standard InChI is InChI=1S/C22H34N4O12S2.C15H25NO6S2.C11H19N3O7S.C8H13NO4S/c23-15(22(35)36)2-4-19(31)26-16(17(30)5-6-37-11-27)10-40-39-9-13(21(34)25-8-20(32)33)7-14(29)1-3-18(24)38-12-28;1-9(18)7-11(12(20)21)14(3,4)23-24-15(5,6)13(22-8-17)16-10(2)19;12-9(21-6-15)2-1-8(16)3-7(5-22-14-20)11(19)13-4-10(17)18;1-5(10)4-6(7(11)12)8(2,3)14-9-13/h11-13,15-16,18H,1-10,23-24H2,(H,25,34)(H,26,31)(H,32,33)(H,35,36);8,11,13H,7H2,1-6H3,(H,16,19)(H,20,21);6-9,16H,1-5,12H2,(H,13,19)(H,17,18);6H,4H2,1-3H3,(H,11,12)/t13-,15-,16-,18+;;7-,8-,9+;/m0.0./s1. The number of Topliss-reactive ketones (excluding diaryl/α,β-unsaturated/α-hetero) is 4. The largest absolute Gasteiger partial charge is 0.481 e. The topological polar surface area (TPSA) is 634 Å². The molecule has 570 valence electrons. The van der Waals surface area contributed by atoms with Crippen molar-refractivity contribution in [3.63, 3.8) is 0 Å². The maximum Gasteiger partial charge on any atom is 0.322 e. The molecule has 4 amide bonds. The predicted molar refractivity (Wildman–Crippen MR) is 367 cm³/mol. The number of hydrogen-bond donors (Lipinski definition) is 13. The van der Waals surface area contributed by atoms with Gasteiger partial charge < -0.3 is 86.2 Å². The third-order valence-electron chi connectivity index (χ3n) is 12.9. The van der Waals surface area contributed by atoms with Gasteiger partial charge in [-0.1, -0.05) is 43.2 Å². The highest BCUT2D eigenvalue weighted by molar-refractivity contribution is 8.77. The second kappa shape index (κ2) is 55.6. The lowest BCUT2D eigenvalue weighted by Crippen LogP contribution is -2.48. The molecule has 100 heavy (non-hydrogen) atoms. The number of aliphatic hydroxyl groups is 1. The Balaban J connectivity index is -0.000000659. The molecule has 16 N–H and O–H groups in total. The van der Waals surface area contributed by atoms with Crippen LogP contribution in [0.25, 0.3) is 0 Å². The number of aliphatic carboxylic acids is 5. The third-order valence-corrected chi connectivity index (χ3v) is 21.1. The van der Waals surface area contributed by atoms with Gasteiger partial charge in [0, 0.05) is 118 Å². The number of carbonyl (C=O) groups excluding carboxylic acids is 12. The number of amides is 4. The SMILES string of the molecule is CC(=O)CC(C(=O)O)C(C)(C)SN=O.CC(=O)CC(C(=O)O)C(C)(C)SSC(C)(C)C(NC(C)=O)OC=O.N[C@@H](CCC(=O)C[C@@H](CSSC[C@H](NC(=O)CC[C@H](N)C(=O)O)C(=O)CCOC=O)C(=O)NCC(=O)O)OC=O.N[C@@H](CC[C@H](O)C[C@@H](CSN=O)C(=O)NCC(=O)O)OC=O. The summed E-state index contributed by atoms with van der Waals surface area (Å²) in [5.41, 5.74) is 16.3. The van der Waals surface area contributed by atoms with Crippen molar-refractivity contribution in [1.82, 2.24) is 21.3 Å². The van der Waals surface area contributed by atoms with E-state index < -0.39 is 141 Å². The minimum absolute atomic E-state index is 0.00177. The van der Waals surface area contributed by atoms with E-state index in [-0.39, 0.29) is 144 Å². The molecular formula is C56H91N9O29S6. The number of carboxylic acids is 5. The number of aliphatic hydroxyl groups excluding tert-OH is 1. The molecule has 44 heteroatoms. The minimum Gasteiger partial charge on any atom is -0.481 e. The molecule has 3 unspecified atom stereocenters. The number of nitroso groups, excluding NO2 is 2. The lowest BCUT2D eigenvalue weighted by atomic mass is 9.90. The highest BCUT2D eigenvalue weighted by Gasteiger charge is 2.42. The fourth-order valence-corrected chi connectivity index (χ4v) is 13.8. The zero-order chi connectivity index (χ0) is 77.9. The Morgan fingerprint density at radius 3 is 1.48 bits per heavy atom. The van der Waals surface area contributed by atoms with Gasteiger partial charge in [-0.2, -0.15) is 0 Å². The Hall–Kier alpha value is -7.07. The summed E-state index contributed by atoms with van der Waals surface area (Å²) in [6.45, 7) is 13.5. The van der Waals surface area contributed by atoms with Gasteiger partial charge in [0.1, 0.15) is 36.5 Å². The average molecular weight is 1550 g/mol. The fourth-order valence-electron chi connectivity index (χ4n) is 7.42. The molecule has 0 fully saturated rings. The molecular weight excluding hydrogens is 1460 g/mol. The number of carbonyl (C=O) groups is 17. The first-order valence-electron chi connectivity index (χ1n) is 29.6. The van der Waals surface area contributed by atoms with E-state index >= 15 is 0 Å². The first-order valence-corrected chi connectivity index (χ1v) is 35.9. The smallest absolute Gasteiger partial charge is 0.322 e. The molecule has 0 aromatic rings. The summed E-state index contributed by atoms with van der Waals surface area (Å²) in [6, 6.07) is -2.30. The van der Waals surface area contributed by atoms with Crippen LogP contribution in [-0.2, 0) is 100 Å². The van der Waals surface area contributed by atoms with E-state index in [1.807, 2.05) is 0 Å². The Kier molecular flexibility index (Phi) is 55.2. The molecule has 0 bridgehead atoms. The zero-order valence-electron chi connectivity index (χ0n) is 56.3. The highest BCUT2D eigenvalue weighted by Crippen LogP contribution is 2.49. The summed E-state index contributed by atoms with van der Waals surface area (Å²) in [4.78, 5) is 211. The molecule has 0 saturated heterocycles. The molecule has 0 aromatic heterocycles. The van der Waals surface area contributed by atoms with E-state index in [1.54, 1.807) is 41.5 Å². The maximum atomic E-state index is 12.5. The van der Waals surface area contributed by atoms with Crippen molar-refractivity contribution in [3.05, 3.63) is 9.81 Å². The lowest BCUT2D eigenvalue weighted by Gasteiger charge is -2.36. The second-order valence-electron chi connectivity index (χ2n) is 22.7. The number of nitrogens with one attached hydrogen (secondary N) is 4. The summed E-state index contributed by atoms with van der Waals surface area (Å²) < 4.78 is 21.3. The van der Waals surface area contributed by atoms with Crippen molar-refractivity contribution in [2.45, 2.75) is 184 Å². The molecule has 0 saturated carbocycles. The normalized spacial score (nSPS) is 13.9. The summed E-state index contributed by atoms with van der Waals surface area (Å²) in [7, 11) is 4.75. The van der Waals surface area contributed by atoms with Crippen molar-refractivity contribution >= 4 is 170 Å². The predicted octanol–water partition coefficient (Wildman–Crippen LogP) is 1.50. The molecule has 10 atom stereocenters. The van der Waals surface area contributed by atoms with Crippen molar-refractivity contribution in [3.8, 4) is 0 Å². The summed E-state index contributed by atoms with van der Waals surface area (Å²) in [5.74, 6) is -12.8. The van der Waals surface area contributed by atoms with Gasteiger partial charge in [0.25, 0.3) is 25.9 Å². The Labute approximate surface area is 599 Å². The zero-order valence-corrected chi connectivity index (χ0v) is 61.2. The van der Waals surface area contributed by atoms with Crippen LogP contribution in [-0.4, -0.2) is 221 Å². The summed E-state index contributed by atoms with van der Waals surface area (Å²) in [6.07, 6.45) is -4.32. The van der Waals surface area contributed by atoms with E-state index in [4.69, 9.17) is 42.4 Å². The van der Waals surface area contributed by atoms with Crippen LogP contribution in [0, 0.1) is 33.5 Å². The number of ketones is 4. The first kappa shape index (κ1) is 99.3. The van der Waals surface area contributed by atoms with Crippen LogP contribution in [0.3, 0.4) is 0 Å². The van der Waals surface area contributed by atoms with E-state index in [1.165, 1.54) is 42.4 Å². The Morgan fingerprint density at radius 2 is 1.03 bits per heavy atom. The molecule has 0 aliphatic carbocycles. The van der Waals surface area contributed by atoms with Crippen molar-refractivity contribution in [2.24, 2.45) is 50.0 Å². The van der Waals surface area contributed by atoms with Crippen molar-refractivity contribution in [1.29, 1.82) is 0 Å². The number of hydrogen-bond acceptors (Lipinski definition) is 35. The number of nitrogens with two attached hydrogens (primary N) is 3. The molecule has 0 radical (unpaired) electrons. The molecule has 0 heterocycles. The van der Waals surface area contributed by atoms with Crippen LogP contribution in [0.15, 0.2) is 9.16 Å². The Bertz CT molecular complexity index is 2690. The summed E-state index contributed by atoms with van der Waals surface area (Å²) >= 11 is 1.26. The van der Waals surface area contributed by atoms with Gasteiger partial charge in [0.15, 0.2) is 24.5 Å². The molecule has 38 nitrogen and oxygen atoms in total. The number of carboxylic acid groups (broad SMARTS) is 5. The van der Waals surface area contributed by atoms with Crippen LogP contribution < -0.4 is 38.5 Å². The van der Waals surface area contributed by atoms with Gasteiger partial charge in [0.05, 0.1) is 47.2 Å². The molecule has 0 rings (SSSR count).